The topological polar surface area (TPSA) is 54.0 Å². The monoisotopic (exact) mass is 154 g/mol. The summed E-state index contributed by atoms with van der Waals surface area (Å²) in [4.78, 5) is 4.15. The number of hydrazone groups is 1. The first kappa shape index (κ1) is 8.20. The summed E-state index contributed by atoms with van der Waals surface area (Å²) in [6, 6.07) is 0. The molecule has 1 unspecified atom stereocenters. The summed E-state index contributed by atoms with van der Waals surface area (Å²) < 4.78 is 0. The van der Waals surface area contributed by atoms with Crippen molar-refractivity contribution in [1.82, 2.24) is 5.01 Å². The third kappa shape index (κ3) is 2.67. The van der Waals surface area contributed by atoms with Crippen molar-refractivity contribution >= 4 is 12.4 Å². The molecule has 1 aliphatic rings. The Balaban J connectivity index is 2.69. The largest absolute Gasteiger partial charge is 0.316 e. The second-order valence-electron chi connectivity index (χ2n) is 3.03. The van der Waals surface area contributed by atoms with E-state index in [2.05, 4.69) is 10.1 Å². The molecule has 0 aromatic heterocycles. The molecule has 2 N–H and O–H groups in total. The number of hydrogen-bond acceptors (Lipinski definition) is 4. The van der Waals surface area contributed by atoms with Crippen LogP contribution in [0, 0.1) is 0 Å². The van der Waals surface area contributed by atoms with Gasteiger partial charge in [-0.25, -0.2) is 0 Å². The molecule has 1 atom stereocenters. The van der Waals surface area contributed by atoms with Crippen molar-refractivity contribution in [2.45, 2.75) is 12.5 Å². The van der Waals surface area contributed by atoms with E-state index in [0.717, 1.165) is 13.1 Å². The lowest BCUT2D eigenvalue weighted by Gasteiger charge is -2.19. The van der Waals surface area contributed by atoms with Crippen LogP contribution in [-0.2, 0) is 0 Å². The summed E-state index contributed by atoms with van der Waals surface area (Å²) in [5.41, 5.74) is 5.29. The fourth-order valence-corrected chi connectivity index (χ4v) is 0.778. The lowest BCUT2D eigenvalue weighted by molar-refractivity contribution is 0.363. The van der Waals surface area contributed by atoms with E-state index in [1.54, 1.807) is 12.4 Å². The SMILES string of the molecule is CN1CCN=CC(C)(N)/C=N\1. The third-order valence-electron chi connectivity index (χ3n) is 1.46. The first-order chi connectivity index (χ1) is 5.10. The maximum atomic E-state index is 5.78. The minimum atomic E-state index is -0.491. The molecule has 0 bridgehead atoms. The van der Waals surface area contributed by atoms with E-state index in [1.807, 2.05) is 19.0 Å². The minimum absolute atomic E-state index is 0.491. The van der Waals surface area contributed by atoms with Crippen molar-refractivity contribution in [1.29, 1.82) is 0 Å². The summed E-state index contributed by atoms with van der Waals surface area (Å²) >= 11 is 0. The van der Waals surface area contributed by atoms with E-state index in [-0.39, 0.29) is 0 Å². The summed E-state index contributed by atoms with van der Waals surface area (Å²) in [5.74, 6) is 0. The molecule has 0 fully saturated rings. The molecule has 11 heavy (non-hydrogen) atoms. The van der Waals surface area contributed by atoms with Crippen LogP contribution in [0.1, 0.15) is 6.92 Å². The van der Waals surface area contributed by atoms with Crippen LogP contribution < -0.4 is 5.73 Å². The van der Waals surface area contributed by atoms with E-state index in [0.29, 0.717) is 0 Å². The van der Waals surface area contributed by atoms with Gasteiger partial charge in [0.05, 0.1) is 18.6 Å². The van der Waals surface area contributed by atoms with Crippen molar-refractivity contribution in [3.63, 3.8) is 0 Å². The molecule has 0 amide bonds. The van der Waals surface area contributed by atoms with Gasteiger partial charge in [-0.1, -0.05) is 0 Å². The number of likely N-dealkylation sites (N-methyl/N-ethyl adjacent to an activating group) is 1. The molecule has 1 aliphatic heterocycles. The second-order valence-corrected chi connectivity index (χ2v) is 3.03. The van der Waals surface area contributed by atoms with Gasteiger partial charge in [-0.2, -0.15) is 5.10 Å². The predicted octanol–water partition coefficient (Wildman–Crippen LogP) is -0.294. The van der Waals surface area contributed by atoms with E-state index in [4.69, 9.17) is 5.73 Å². The van der Waals surface area contributed by atoms with E-state index >= 15 is 0 Å². The third-order valence-corrected chi connectivity index (χ3v) is 1.46. The van der Waals surface area contributed by atoms with Gasteiger partial charge >= 0.3 is 0 Å². The van der Waals surface area contributed by atoms with Crippen LogP contribution in [0.5, 0.6) is 0 Å². The summed E-state index contributed by atoms with van der Waals surface area (Å²) in [5, 5.41) is 5.96. The Morgan fingerprint density at radius 3 is 3.00 bits per heavy atom. The zero-order valence-electron chi connectivity index (χ0n) is 6.99. The van der Waals surface area contributed by atoms with Gasteiger partial charge in [-0.05, 0) is 6.92 Å². The Morgan fingerprint density at radius 2 is 2.27 bits per heavy atom. The molecule has 62 valence electrons. The number of nitrogens with zero attached hydrogens (tertiary/aromatic N) is 3. The molecule has 0 spiro atoms. The lowest BCUT2D eigenvalue weighted by Crippen LogP contribution is -2.41. The molecule has 0 radical (unpaired) electrons. The van der Waals surface area contributed by atoms with E-state index in [9.17, 15) is 0 Å². The molecule has 4 heteroatoms. The Morgan fingerprint density at radius 1 is 1.55 bits per heavy atom. The van der Waals surface area contributed by atoms with Crippen LogP contribution in [0.2, 0.25) is 0 Å². The van der Waals surface area contributed by atoms with Gasteiger partial charge in [-0.15, -0.1) is 0 Å². The highest BCUT2D eigenvalue weighted by atomic mass is 15.4. The highest BCUT2D eigenvalue weighted by molar-refractivity contribution is 5.93. The summed E-state index contributed by atoms with van der Waals surface area (Å²) in [7, 11) is 1.91. The zero-order chi connectivity index (χ0) is 8.32. The summed E-state index contributed by atoms with van der Waals surface area (Å²) in [6.07, 6.45) is 3.44. The second kappa shape index (κ2) is 3.00. The zero-order valence-corrected chi connectivity index (χ0v) is 6.99. The van der Waals surface area contributed by atoms with Gasteiger partial charge in [0.25, 0.3) is 0 Å². The van der Waals surface area contributed by atoms with Crippen molar-refractivity contribution in [3.8, 4) is 0 Å². The van der Waals surface area contributed by atoms with Crippen LogP contribution in [0.25, 0.3) is 0 Å². The van der Waals surface area contributed by atoms with Crippen molar-refractivity contribution < 1.29 is 0 Å². The average molecular weight is 154 g/mol. The van der Waals surface area contributed by atoms with E-state index < -0.39 is 5.54 Å². The van der Waals surface area contributed by atoms with Gasteiger partial charge in [0.1, 0.15) is 0 Å². The van der Waals surface area contributed by atoms with Crippen molar-refractivity contribution in [2.75, 3.05) is 20.1 Å². The predicted molar refractivity (Wildman–Crippen MR) is 47.1 cm³/mol. The van der Waals surface area contributed by atoms with Gasteiger partial charge in [0.2, 0.25) is 0 Å². The quantitative estimate of drug-likeness (QED) is 0.521. The molecule has 0 aromatic rings. The first-order valence-corrected chi connectivity index (χ1v) is 3.66. The van der Waals surface area contributed by atoms with Crippen LogP contribution in [0.4, 0.5) is 0 Å². The van der Waals surface area contributed by atoms with Crippen LogP contribution in [-0.4, -0.2) is 43.1 Å². The standard InChI is InChI=1S/C7H14N4/c1-7(8)5-9-3-4-11(2)10-6-7/h5-6H,3-4,8H2,1-2H3/b9-5?,10-6-. The highest BCUT2D eigenvalue weighted by Gasteiger charge is 2.13. The fraction of sp³-hybridized carbons (Fsp3) is 0.714. The molecule has 4 nitrogen and oxygen atoms in total. The molecular weight excluding hydrogens is 140 g/mol. The average Bonchev–Trinajstić information content (AvgIpc) is 1.92. The number of hydrogen-bond donors (Lipinski definition) is 1. The molecular formula is C7H14N4. The van der Waals surface area contributed by atoms with Gasteiger partial charge in [0.15, 0.2) is 0 Å². The molecule has 1 rings (SSSR count). The normalized spacial score (nSPS) is 34.6. The maximum absolute atomic E-state index is 5.78. The first-order valence-electron chi connectivity index (χ1n) is 3.66. The smallest absolute Gasteiger partial charge is 0.0856 e. The summed E-state index contributed by atoms with van der Waals surface area (Å²) in [6.45, 7) is 3.49. The molecule has 0 aliphatic carbocycles. The lowest BCUT2D eigenvalue weighted by atomic mass is 10.1. The Kier molecular flexibility index (Phi) is 2.24. The molecule has 0 saturated heterocycles. The molecule has 0 saturated carbocycles. The van der Waals surface area contributed by atoms with Crippen LogP contribution >= 0.6 is 0 Å². The number of aliphatic imine (C=N–C) groups is 1. The Hall–Kier alpha value is -0.900. The fourth-order valence-electron chi connectivity index (χ4n) is 0.778. The minimum Gasteiger partial charge on any atom is -0.316 e. The molecule has 0 aromatic carbocycles. The van der Waals surface area contributed by atoms with Crippen LogP contribution in [0.3, 0.4) is 0 Å². The van der Waals surface area contributed by atoms with E-state index in [1.165, 1.54) is 0 Å². The van der Waals surface area contributed by atoms with Crippen molar-refractivity contribution in [2.24, 2.45) is 15.8 Å². The van der Waals surface area contributed by atoms with Gasteiger partial charge in [-0.3, -0.25) is 10.0 Å². The van der Waals surface area contributed by atoms with Crippen molar-refractivity contribution in [3.05, 3.63) is 0 Å². The van der Waals surface area contributed by atoms with Crippen LogP contribution in [0.15, 0.2) is 10.1 Å². The molecule has 1 heterocycles. The maximum Gasteiger partial charge on any atom is 0.0856 e. The van der Waals surface area contributed by atoms with Gasteiger partial charge in [0, 0.05) is 19.5 Å². The highest BCUT2D eigenvalue weighted by Crippen LogP contribution is 1.95. The number of rotatable bonds is 0. The Bertz CT molecular complexity index is 183. The van der Waals surface area contributed by atoms with Gasteiger partial charge < -0.3 is 5.73 Å². The number of nitrogens with two attached hydrogens (primary N) is 1. The Labute approximate surface area is 66.8 Å².